The lowest BCUT2D eigenvalue weighted by Gasteiger charge is -2.31. The highest BCUT2D eigenvalue weighted by atomic mass is 16.3. The van der Waals surface area contributed by atoms with Gasteiger partial charge in [0.1, 0.15) is 5.54 Å². The van der Waals surface area contributed by atoms with Crippen LogP contribution in [0.3, 0.4) is 0 Å². The van der Waals surface area contributed by atoms with E-state index in [9.17, 15) is 4.91 Å². The van der Waals surface area contributed by atoms with Crippen molar-refractivity contribution >= 4 is 10.8 Å². The molecule has 0 aliphatic carbocycles. The SMILES string of the molecule is CCCCC(N=O)(c1ccc2ccccc2c1)C(C)C. The molecule has 106 valence electrons. The van der Waals surface area contributed by atoms with Gasteiger partial charge in [-0.2, -0.15) is 0 Å². The summed E-state index contributed by atoms with van der Waals surface area (Å²) in [7, 11) is 0. The molecule has 0 aliphatic rings. The van der Waals surface area contributed by atoms with Gasteiger partial charge in [0, 0.05) is 0 Å². The Hall–Kier alpha value is -1.70. The molecule has 0 saturated carbocycles. The monoisotopic (exact) mass is 269 g/mol. The Morgan fingerprint density at radius 1 is 1.10 bits per heavy atom. The van der Waals surface area contributed by atoms with E-state index in [2.05, 4.69) is 56.3 Å². The minimum atomic E-state index is -0.597. The highest BCUT2D eigenvalue weighted by molar-refractivity contribution is 5.83. The first kappa shape index (κ1) is 14.7. The van der Waals surface area contributed by atoms with Gasteiger partial charge >= 0.3 is 0 Å². The molecular formula is C18H23NO. The van der Waals surface area contributed by atoms with Crippen molar-refractivity contribution in [2.45, 2.75) is 45.6 Å². The second-order valence-corrected chi connectivity index (χ2v) is 5.84. The largest absolute Gasteiger partial charge is 0.150 e. The molecule has 0 amide bonds. The van der Waals surface area contributed by atoms with E-state index < -0.39 is 5.54 Å². The Morgan fingerprint density at radius 2 is 1.80 bits per heavy atom. The third-order valence-corrected chi connectivity index (χ3v) is 4.28. The van der Waals surface area contributed by atoms with Gasteiger partial charge in [-0.3, -0.25) is 0 Å². The summed E-state index contributed by atoms with van der Waals surface area (Å²) >= 11 is 0. The summed E-state index contributed by atoms with van der Waals surface area (Å²) in [5, 5.41) is 5.96. The molecule has 0 spiro atoms. The van der Waals surface area contributed by atoms with Gasteiger partial charge in [-0.05, 0) is 34.7 Å². The Labute approximate surface area is 121 Å². The van der Waals surface area contributed by atoms with Crippen molar-refractivity contribution in [3.8, 4) is 0 Å². The van der Waals surface area contributed by atoms with Crippen LogP contribution in [-0.2, 0) is 5.54 Å². The van der Waals surface area contributed by atoms with Crippen molar-refractivity contribution in [3.05, 3.63) is 52.9 Å². The first-order valence-corrected chi connectivity index (χ1v) is 7.48. The van der Waals surface area contributed by atoms with E-state index >= 15 is 0 Å². The van der Waals surface area contributed by atoms with Crippen molar-refractivity contribution in [2.24, 2.45) is 11.1 Å². The second kappa shape index (κ2) is 6.17. The molecule has 0 aliphatic heterocycles. The van der Waals surface area contributed by atoms with Crippen LogP contribution < -0.4 is 0 Å². The Morgan fingerprint density at radius 3 is 2.40 bits per heavy atom. The van der Waals surface area contributed by atoms with Crippen molar-refractivity contribution in [3.63, 3.8) is 0 Å². The molecule has 2 nitrogen and oxygen atoms in total. The number of rotatable bonds is 6. The fraction of sp³-hybridized carbons (Fsp3) is 0.444. The maximum Gasteiger partial charge on any atom is 0.130 e. The van der Waals surface area contributed by atoms with Crippen LogP contribution in [-0.4, -0.2) is 0 Å². The van der Waals surface area contributed by atoms with Crippen molar-refractivity contribution in [1.82, 2.24) is 0 Å². The Kier molecular flexibility index (Phi) is 4.53. The molecule has 0 bridgehead atoms. The van der Waals surface area contributed by atoms with Gasteiger partial charge in [0.2, 0.25) is 0 Å². The van der Waals surface area contributed by atoms with E-state index in [4.69, 9.17) is 0 Å². The Balaban J connectivity index is 2.52. The summed E-state index contributed by atoms with van der Waals surface area (Å²) in [6.45, 7) is 6.33. The van der Waals surface area contributed by atoms with Crippen LogP contribution in [0.15, 0.2) is 47.6 Å². The van der Waals surface area contributed by atoms with E-state index in [1.54, 1.807) is 0 Å². The average Bonchev–Trinajstić information content (AvgIpc) is 2.48. The number of unbranched alkanes of at least 4 members (excludes halogenated alkanes) is 1. The maximum atomic E-state index is 11.7. The van der Waals surface area contributed by atoms with Crippen LogP contribution in [0.2, 0.25) is 0 Å². The van der Waals surface area contributed by atoms with Crippen molar-refractivity contribution < 1.29 is 0 Å². The van der Waals surface area contributed by atoms with Crippen molar-refractivity contribution in [2.75, 3.05) is 0 Å². The Bertz CT molecular complexity index is 591. The van der Waals surface area contributed by atoms with Gasteiger partial charge in [-0.15, -0.1) is 4.91 Å². The van der Waals surface area contributed by atoms with Gasteiger partial charge in [0.15, 0.2) is 0 Å². The summed E-state index contributed by atoms with van der Waals surface area (Å²) in [4.78, 5) is 11.7. The van der Waals surface area contributed by atoms with E-state index in [-0.39, 0.29) is 5.92 Å². The molecule has 2 rings (SSSR count). The zero-order valence-electron chi connectivity index (χ0n) is 12.6. The van der Waals surface area contributed by atoms with E-state index in [1.165, 1.54) is 10.8 Å². The number of fused-ring (bicyclic) bond motifs is 1. The maximum absolute atomic E-state index is 11.7. The molecule has 20 heavy (non-hydrogen) atoms. The van der Waals surface area contributed by atoms with Gasteiger partial charge in [-0.1, -0.05) is 75.2 Å². The molecule has 0 saturated heterocycles. The summed E-state index contributed by atoms with van der Waals surface area (Å²) in [6, 6.07) is 14.5. The second-order valence-electron chi connectivity index (χ2n) is 5.84. The molecule has 0 aromatic heterocycles. The summed E-state index contributed by atoms with van der Waals surface area (Å²) in [5.41, 5.74) is 0.453. The molecule has 1 unspecified atom stereocenters. The molecule has 0 radical (unpaired) electrons. The number of hydrogen-bond donors (Lipinski definition) is 0. The molecule has 0 N–H and O–H groups in total. The quantitative estimate of drug-likeness (QED) is 0.623. The average molecular weight is 269 g/mol. The predicted molar refractivity (Wildman–Crippen MR) is 85.8 cm³/mol. The molecule has 2 heteroatoms. The fourth-order valence-corrected chi connectivity index (χ4v) is 2.87. The minimum Gasteiger partial charge on any atom is -0.150 e. The number of nitrogens with zero attached hydrogens (tertiary/aromatic N) is 1. The molecule has 1 atom stereocenters. The third kappa shape index (κ3) is 2.60. The van der Waals surface area contributed by atoms with Crippen molar-refractivity contribution in [1.29, 1.82) is 0 Å². The summed E-state index contributed by atoms with van der Waals surface area (Å²) in [5.74, 6) is 0.202. The van der Waals surface area contributed by atoms with Gasteiger partial charge in [0.05, 0.1) is 0 Å². The minimum absolute atomic E-state index is 0.202. The summed E-state index contributed by atoms with van der Waals surface area (Å²) < 4.78 is 0. The van der Waals surface area contributed by atoms with Crippen LogP contribution >= 0.6 is 0 Å². The lowest BCUT2D eigenvalue weighted by Crippen LogP contribution is -2.29. The van der Waals surface area contributed by atoms with Crippen LogP contribution in [0, 0.1) is 10.8 Å². The summed E-state index contributed by atoms with van der Waals surface area (Å²) in [6.07, 6.45) is 2.93. The lowest BCUT2D eigenvalue weighted by molar-refractivity contribution is 0.287. The van der Waals surface area contributed by atoms with Gasteiger partial charge in [-0.25, -0.2) is 0 Å². The molecule has 0 heterocycles. The van der Waals surface area contributed by atoms with Crippen LogP contribution in [0.25, 0.3) is 10.8 Å². The highest BCUT2D eigenvalue weighted by Crippen LogP contribution is 2.39. The fourth-order valence-electron chi connectivity index (χ4n) is 2.87. The first-order chi connectivity index (χ1) is 9.64. The number of nitroso groups, excluding NO2 is 1. The molecule has 0 fully saturated rings. The molecule has 2 aromatic carbocycles. The number of hydrogen-bond acceptors (Lipinski definition) is 2. The van der Waals surface area contributed by atoms with Gasteiger partial charge < -0.3 is 0 Å². The smallest absolute Gasteiger partial charge is 0.130 e. The standard InChI is InChI=1S/C18H23NO/c1-4-5-12-18(19-20,14(2)3)17-11-10-15-8-6-7-9-16(15)13-17/h6-11,13-14H,4-5,12H2,1-3H3. The predicted octanol–water partition coefficient (Wildman–Crippen LogP) is 5.65. The van der Waals surface area contributed by atoms with E-state index in [0.29, 0.717) is 0 Å². The topological polar surface area (TPSA) is 29.4 Å². The highest BCUT2D eigenvalue weighted by Gasteiger charge is 2.36. The normalized spacial score (nSPS) is 14.4. The van der Waals surface area contributed by atoms with E-state index in [1.807, 2.05) is 12.1 Å². The third-order valence-electron chi connectivity index (χ3n) is 4.28. The lowest BCUT2D eigenvalue weighted by atomic mass is 9.76. The van der Waals surface area contributed by atoms with Crippen LogP contribution in [0.4, 0.5) is 0 Å². The molecule has 2 aromatic rings. The van der Waals surface area contributed by atoms with E-state index in [0.717, 1.165) is 24.8 Å². The van der Waals surface area contributed by atoms with Crippen LogP contribution in [0.1, 0.15) is 45.6 Å². The first-order valence-electron chi connectivity index (χ1n) is 7.48. The van der Waals surface area contributed by atoms with Gasteiger partial charge in [0.25, 0.3) is 0 Å². The zero-order valence-corrected chi connectivity index (χ0v) is 12.6. The zero-order chi connectivity index (χ0) is 14.6. The van der Waals surface area contributed by atoms with Crippen LogP contribution in [0.5, 0.6) is 0 Å². The number of benzene rings is 2. The molecular weight excluding hydrogens is 246 g/mol.